The zero-order valence-corrected chi connectivity index (χ0v) is 12.6. The molecule has 0 saturated carbocycles. The van der Waals surface area contributed by atoms with Crippen molar-refractivity contribution in [1.82, 2.24) is 0 Å². The molecule has 0 saturated heterocycles. The maximum absolute atomic E-state index is 8.65. The van der Waals surface area contributed by atoms with Crippen molar-refractivity contribution < 1.29 is 9.94 Å². The van der Waals surface area contributed by atoms with E-state index in [2.05, 4.69) is 33.2 Å². The molecular formula is C16H16BrNO2. The van der Waals surface area contributed by atoms with E-state index in [-0.39, 0.29) is 0 Å². The molecule has 104 valence electrons. The Balaban J connectivity index is 1.88. The number of ether oxygens (including phenoxy) is 1. The second kappa shape index (κ2) is 7.70. The van der Waals surface area contributed by atoms with Gasteiger partial charge in [0.1, 0.15) is 5.75 Å². The van der Waals surface area contributed by atoms with Crippen LogP contribution in [0.5, 0.6) is 5.75 Å². The molecule has 0 spiro atoms. The highest BCUT2D eigenvalue weighted by Crippen LogP contribution is 2.22. The van der Waals surface area contributed by atoms with Crippen molar-refractivity contribution in [1.29, 1.82) is 0 Å². The van der Waals surface area contributed by atoms with E-state index in [0.29, 0.717) is 6.61 Å². The van der Waals surface area contributed by atoms with Crippen LogP contribution in [0.4, 0.5) is 0 Å². The highest BCUT2D eigenvalue weighted by Gasteiger charge is 2.03. The van der Waals surface area contributed by atoms with Crippen LogP contribution in [0.1, 0.15) is 17.5 Å². The Morgan fingerprint density at radius 1 is 1.15 bits per heavy atom. The third kappa shape index (κ3) is 4.38. The zero-order chi connectivity index (χ0) is 14.2. The number of nitrogens with zero attached hydrogens (tertiary/aromatic N) is 1. The zero-order valence-electron chi connectivity index (χ0n) is 11.0. The Labute approximate surface area is 127 Å². The molecule has 4 heteroatoms. The molecule has 0 unspecified atom stereocenters. The summed E-state index contributed by atoms with van der Waals surface area (Å²) in [5.74, 6) is 0.721. The Kier molecular flexibility index (Phi) is 5.62. The maximum Gasteiger partial charge on any atom is 0.128 e. The molecule has 2 aromatic carbocycles. The normalized spacial score (nSPS) is 10.8. The Morgan fingerprint density at radius 2 is 1.95 bits per heavy atom. The molecule has 0 aliphatic heterocycles. The molecule has 2 aromatic rings. The lowest BCUT2D eigenvalue weighted by molar-refractivity contribution is 0.308. The minimum atomic E-state index is 0.628. The standard InChI is InChI=1S/C16H16BrNO2/c17-15-8-9-16(14(11-15)12-18-19)20-10-4-7-13-5-2-1-3-6-13/h1-3,5-6,8-9,11-12,19H,4,7,10H2. The summed E-state index contributed by atoms with van der Waals surface area (Å²) in [6.45, 7) is 0.628. The lowest BCUT2D eigenvalue weighted by Gasteiger charge is -2.09. The highest BCUT2D eigenvalue weighted by atomic mass is 79.9. The van der Waals surface area contributed by atoms with Crippen molar-refractivity contribution in [3.63, 3.8) is 0 Å². The monoisotopic (exact) mass is 333 g/mol. The molecule has 0 aromatic heterocycles. The van der Waals surface area contributed by atoms with Crippen LogP contribution >= 0.6 is 15.9 Å². The van der Waals surface area contributed by atoms with Crippen LogP contribution in [0, 0.1) is 0 Å². The Hall–Kier alpha value is -1.81. The fourth-order valence-corrected chi connectivity index (χ4v) is 2.30. The molecule has 0 fully saturated rings. The maximum atomic E-state index is 8.65. The van der Waals surface area contributed by atoms with Gasteiger partial charge < -0.3 is 9.94 Å². The van der Waals surface area contributed by atoms with E-state index in [4.69, 9.17) is 9.94 Å². The molecule has 0 atom stereocenters. The lowest BCUT2D eigenvalue weighted by Crippen LogP contribution is -2.01. The quantitative estimate of drug-likeness (QED) is 0.371. The van der Waals surface area contributed by atoms with Crippen molar-refractivity contribution in [3.8, 4) is 5.75 Å². The average molecular weight is 334 g/mol. The first-order valence-corrected chi connectivity index (χ1v) is 7.22. The van der Waals surface area contributed by atoms with Gasteiger partial charge in [-0.15, -0.1) is 0 Å². The largest absolute Gasteiger partial charge is 0.493 e. The van der Waals surface area contributed by atoms with Crippen LogP contribution in [-0.4, -0.2) is 18.0 Å². The molecule has 0 radical (unpaired) electrons. The SMILES string of the molecule is ON=Cc1cc(Br)ccc1OCCCc1ccccc1. The summed E-state index contributed by atoms with van der Waals surface area (Å²) in [7, 11) is 0. The summed E-state index contributed by atoms with van der Waals surface area (Å²) in [5, 5.41) is 11.7. The molecule has 3 nitrogen and oxygen atoms in total. The molecule has 2 rings (SSSR count). The Bertz CT molecular complexity index is 570. The third-order valence-corrected chi connectivity index (χ3v) is 3.37. The van der Waals surface area contributed by atoms with Gasteiger partial charge in [-0.1, -0.05) is 51.4 Å². The van der Waals surface area contributed by atoms with E-state index >= 15 is 0 Å². The molecule has 0 amide bonds. The molecule has 0 aliphatic carbocycles. The summed E-state index contributed by atoms with van der Waals surface area (Å²) >= 11 is 3.38. The minimum absolute atomic E-state index is 0.628. The van der Waals surface area contributed by atoms with E-state index in [1.165, 1.54) is 11.8 Å². The van der Waals surface area contributed by atoms with Gasteiger partial charge in [-0.3, -0.25) is 0 Å². The topological polar surface area (TPSA) is 41.8 Å². The third-order valence-electron chi connectivity index (χ3n) is 2.88. The van der Waals surface area contributed by atoms with E-state index in [0.717, 1.165) is 28.6 Å². The number of aryl methyl sites for hydroxylation is 1. The van der Waals surface area contributed by atoms with Crippen molar-refractivity contribution in [2.24, 2.45) is 5.16 Å². The smallest absolute Gasteiger partial charge is 0.128 e. The number of hydrogen-bond donors (Lipinski definition) is 1. The number of halogens is 1. The summed E-state index contributed by atoms with van der Waals surface area (Å²) < 4.78 is 6.66. The fourth-order valence-electron chi connectivity index (χ4n) is 1.92. The van der Waals surface area contributed by atoms with Crippen LogP contribution in [0.25, 0.3) is 0 Å². The number of oxime groups is 1. The second-order valence-corrected chi connectivity index (χ2v) is 5.28. The van der Waals surface area contributed by atoms with E-state index in [1.807, 2.05) is 36.4 Å². The van der Waals surface area contributed by atoms with Crippen LogP contribution in [-0.2, 0) is 6.42 Å². The van der Waals surface area contributed by atoms with Crippen LogP contribution < -0.4 is 4.74 Å². The van der Waals surface area contributed by atoms with Crippen LogP contribution in [0.15, 0.2) is 58.2 Å². The van der Waals surface area contributed by atoms with E-state index in [1.54, 1.807) is 0 Å². The van der Waals surface area contributed by atoms with Gasteiger partial charge in [0.25, 0.3) is 0 Å². The predicted octanol–water partition coefficient (Wildman–Crippen LogP) is 4.27. The minimum Gasteiger partial charge on any atom is -0.493 e. The summed E-state index contributed by atoms with van der Waals surface area (Å²) in [5.41, 5.74) is 2.06. The summed E-state index contributed by atoms with van der Waals surface area (Å²) in [4.78, 5) is 0. The molecule has 0 bridgehead atoms. The van der Waals surface area contributed by atoms with Gasteiger partial charge >= 0.3 is 0 Å². The first-order chi connectivity index (χ1) is 9.79. The highest BCUT2D eigenvalue weighted by molar-refractivity contribution is 9.10. The lowest BCUT2D eigenvalue weighted by atomic mass is 10.1. The van der Waals surface area contributed by atoms with Crippen LogP contribution in [0.2, 0.25) is 0 Å². The summed E-state index contributed by atoms with van der Waals surface area (Å²) in [6.07, 6.45) is 3.30. The van der Waals surface area contributed by atoms with Crippen molar-refractivity contribution in [2.75, 3.05) is 6.61 Å². The second-order valence-electron chi connectivity index (χ2n) is 4.36. The van der Waals surface area contributed by atoms with Gasteiger partial charge in [0.15, 0.2) is 0 Å². The molecule has 20 heavy (non-hydrogen) atoms. The molecular weight excluding hydrogens is 318 g/mol. The molecule has 0 heterocycles. The number of hydrogen-bond acceptors (Lipinski definition) is 3. The van der Waals surface area contributed by atoms with Gasteiger partial charge in [0.2, 0.25) is 0 Å². The van der Waals surface area contributed by atoms with Crippen molar-refractivity contribution >= 4 is 22.1 Å². The first-order valence-electron chi connectivity index (χ1n) is 6.43. The molecule has 1 N–H and O–H groups in total. The van der Waals surface area contributed by atoms with Crippen molar-refractivity contribution in [2.45, 2.75) is 12.8 Å². The van der Waals surface area contributed by atoms with E-state index < -0.39 is 0 Å². The van der Waals surface area contributed by atoms with Crippen molar-refractivity contribution in [3.05, 3.63) is 64.1 Å². The van der Waals surface area contributed by atoms with Gasteiger partial charge in [0, 0.05) is 10.0 Å². The van der Waals surface area contributed by atoms with Gasteiger partial charge in [-0.2, -0.15) is 0 Å². The predicted molar refractivity (Wildman–Crippen MR) is 83.8 cm³/mol. The molecule has 0 aliphatic rings. The summed E-state index contributed by atoms with van der Waals surface area (Å²) in [6, 6.07) is 16.0. The van der Waals surface area contributed by atoms with Gasteiger partial charge in [-0.25, -0.2) is 0 Å². The number of benzene rings is 2. The first kappa shape index (κ1) is 14.6. The average Bonchev–Trinajstić information content (AvgIpc) is 2.47. The van der Waals surface area contributed by atoms with Gasteiger partial charge in [0.05, 0.1) is 12.8 Å². The van der Waals surface area contributed by atoms with Gasteiger partial charge in [-0.05, 0) is 36.6 Å². The van der Waals surface area contributed by atoms with Crippen LogP contribution in [0.3, 0.4) is 0 Å². The van der Waals surface area contributed by atoms with E-state index in [9.17, 15) is 0 Å². The number of rotatable bonds is 6. The Morgan fingerprint density at radius 3 is 2.70 bits per heavy atom. The fraction of sp³-hybridized carbons (Fsp3) is 0.188.